The smallest absolute Gasteiger partial charge is 0.127 e. The molecule has 2 rings (SSSR count). The Bertz CT molecular complexity index is 614. The van der Waals surface area contributed by atoms with E-state index in [1.165, 1.54) is 11.1 Å². The summed E-state index contributed by atoms with van der Waals surface area (Å²) in [5, 5.41) is 4.47. The molecular formula is C15H21N3O. The Kier molecular flexibility index (Phi) is 3.62. The Morgan fingerprint density at radius 1 is 1.21 bits per heavy atom. The third-order valence-corrected chi connectivity index (χ3v) is 3.62. The molecule has 0 radical (unpaired) electrons. The first-order chi connectivity index (χ1) is 8.99. The zero-order chi connectivity index (χ0) is 14.2. The van der Waals surface area contributed by atoms with Crippen LogP contribution in [0.4, 0.5) is 0 Å². The van der Waals surface area contributed by atoms with Gasteiger partial charge in [0.2, 0.25) is 0 Å². The van der Waals surface area contributed by atoms with Gasteiger partial charge in [-0.05, 0) is 44.0 Å². The van der Waals surface area contributed by atoms with Crippen LogP contribution in [0.25, 0.3) is 11.1 Å². The van der Waals surface area contributed by atoms with Crippen molar-refractivity contribution in [2.24, 2.45) is 12.8 Å². The van der Waals surface area contributed by atoms with Crippen molar-refractivity contribution in [1.82, 2.24) is 9.78 Å². The maximum absolute atomic E-state index is 5.86. The van der Waals surface area contributed by atoms with Crippen molar-refractivity contribution in [2.45, 2.75) is 27.3 Å². The average Bonchev–Trinajstić information content (AvgIpc) is 2.66. The van der Waals surface area contributed by atoms with Crippen molar-refractivity contribution < 1.29 is 4.74 Å². The number of aromatic nitrogens is 2. The fraction of sp³-hybridized carbons (Fsp3) is 0.400. The summed E-state index contributed by atoms with van der Waals surface area (Å²) in [6, 6.07) is 4.22. The molecule has 0 amide bonds. The number of hydrogen-bond acceptors (Lipinski definition) is 3. The van der Waals surface area contributed by atoms with Gasteiger partial charge in [-0.25, -0.2) is 0 Å². The Labute approximate surface area is 114 Å². The van der Waals surface area contributed by atoms with Gasteiger partial charge in [-0.1, -0.05) is 0 Å². The van der Waals surface area contributed by atoms with Crippen LogP contribution in [0.3, 0.4) is 0 Å². The van der Waals surface area contributed by atoms with Crippen molar-refractivity contribution >= 4 is 0 Å². The molecule has 0 aliphatic carbocycles. The molecule has 2 aromatic rings. The van der Waals surface area contributed by atoms with Gasteiger partial charge in [0, 0.05) is 24.7 Å². The summed E-state index contributed by atoms with van der Waals surface area (Å²) in [5.74, 6) is 0.869. The van der Waals surface area contributed by atoms with E-state index in [1.54, 1.807) is 7.11 Å². The van der Waals surface area contributed by atoms with Crippen LogP contribution in [-0.2, 0) is 13.6 Å². The summed E-state index contributed by atoms with van der Waals surface area (Å²) < 4.78 is 7.37. The van der Waals surface area contributed by atoms with Crippen LogP contribution in [0.2, 0.25) is 0 Å². The standard InChI is InChI=1S/C15H21N3O/c1-9-6-12(14(19-5)7-10(9)2)15-11(3)17-18(4)13(15)8-16/h6-7H,8,16H2,1-5H3. The number of rotatable bonds is 3. The number of nitrogens with zero attached hydrogens (tertiary/aromatic N) is 2. The van der Waals surface area contributed by atoms with Crippen LogP contribution < -0.4 is 10.5 Å². The summed E-state index contributed by atoms with van der Waals surface area (Å²) in [6.45, 7) is 6.65. The van der Waals surface area contributed by atoms with E-state index in [-0.39, 0.29) is 0 Å². The van der Waals surface area contributed by atoms with Crippen LogP contribution in [0, 0.1) is 20.8 Å². The summed E-state index contributed by atoms with van der Waals surface area (Å²) in [7, 11) is 3.62. The van der Waals surface area contributed by atoms with E-state index < -0.39 is 0 Å². The molecule has 1 aromatic heterocycles. The van der Waals surface area contributed by atoms with Gasteiger partial charge in [-0.15, -0.1) is 0 Å². The van der Waals surface area contributed by atoms with Crippen LogP contribution in [0.5, 0.6) is 5.75 Å². The number of ether oxygens (including phenoxy) is 1. The number of methoxy groups -OCH3 is 1. The lowest BCUT2D eigenvalue weighted by atomic mass is 9.97. The van der Waals surface area contributed by atoms with Crippen molar-refractivity contribution in [1.29, 1.82) is 0 Å². The Balaban J connectivity index is 2.74. The quantitative estimate of drug-likeness (QED) is 0.921. The highest BCUT2D eigenvalue weighted by atomic mass is 16.5. The summed E-state index contributed by atoms with van der Waals surface area (Å²) in [5.41, 5.74) is 12.5. The first-order valence-corrected chi connectivity index (χ1v) is 6.37. The van der Waals surface area contributed by atoms with Crippen LogP contribution in [0.1, 0.15) is 22.5 Å². The molecule has 0 spiro atoms. The molecule has 0 saturated carbocycles. The maximum Gasteiger partial charge on any atom is 0.127 e. The molecule has 0 aliphatic rings. The van der Waals surface area contributed by atoms with E-state index in [1.807, 2.05) is 18.7 Å². The van der Waals surface area contributed by atoms with Gasteiger partial charge in [0.1, 0.15) is 5.75 Å². The molecule has 0 saturated heterocycles. The first kappa shape index (κ1) is 13.6. The van der Waals surface area contributed by atoms with Gasteiger partial charge in [-0.3, -0.25) is 4.68 Å². The third kappa shape index (κ3) is 2.24. The fourth-order valence-corrected chi connectivity index (χ4v) is 2.44. The lowest BCUT2D eigenvalue weighted by Crippen LogP contribution is -2.06. The minimum absolute atomic E-state index is 0.461. The highest BCUT2D eigenvalue weighted by Gasteiger charge is 2.18. The lowest BCUT2D eigenvalue weighted by molar-refractivity contribution is 0.416. The largest absolute Gasteiger partial charge is 0.496 e. The Morgan fingerprint density at radius 3 is 2.42 bits per heavy atom. The summed E-state index contributed by atoms with van der Waals surface area (Å²) >= 11 is 0. The van der Waals surface area contributed by atoms with E-state index in [0.717, 1.165) is 28.3 Å². The first-order valence-electron chi connectivity index (χ1n) is 6.37. The van der Waals surface area contributed by atoms with Gasteiger partial charge in [-0.2, -0.15) is 5.10 Å². The maximum atomic E-state index is 5.86. The van der Waals surface area contributed by atoms with Crippen LogP contribution in [0.15, 0.2) is 12.1 Å². The molecule has 19 heavy (non-hydrogen) atoms. The minimum atomic E-state index is 0.461. The molecule has 1 heterocycles. The Hall–Kier alpha value is -1.81. The summed E-state index contributed by atoms with van der Waals surface area (Å²) in [6.07, 6.45) is 0. The van der Waals surface area contributed by atoms with Gasteiger partial charge >= 0.3 is 0 Å². The van der Waals surface area contributed by atoms with Crippen molar-refractivity contribution in [3.63, 3.8) is 0 Å². The monoisotopic (exact) mass is 259 g/mol. The number of benzene rings is 1. The molecule has 102 valence electrons. The van der Waals surface area contributed by atoms with Crippen molar-refractivity contribution in [2.75, 3.05) is 7.11 Å². The number of nitrogens with two attached hydrogens (primary N) is 1. The average molecular weight is 259 g/mol. The van der Waals surface area contributed by atoms with Gasteiger partial charge in [0.15, 0.2) is 0 Å². The Morgan fingerprint density at radius 2 is 1.84 bits per heavy atom. The van der Waals surface area contributed by atoms with Gasteiger partial charge in [0.05, 0.1) is 18.5 Å². The van der Waals surface area contributed by atoms with Crippen molar-refractivity contribution in [3.8, 4) is 16.9 Å². The second kappa shape index (κ2) is 5.05. The third-order valence-electron chi connectivity index (χ3n) is 3.62. The fourth-order valence-electron chi connectivity index (χ4n) is 2.44. The minimum Gasteiger partial charge on any atom is -0.496 e. The van der Waals surface area contributed by atoms with E-state index >= 15 is 0 Å². The molecule has 2 N–H and O–H groups in total. The molecule has 1 aromatic carbocycles. The topological polar surface area (TPSA) is 53.1 Å². The molecule has 0 aliphatic heterocycles. The number of hydrogen-bond donors (Lipinski definition) is 1. The highest BCUT2D eigenvalue weighted by molar-refractivity contribution is 5.76. The zero-order valence-corrected chi connectivity index (χ0v) is 12.2. The molecule has 4 nitrogen and oxygen atoms in total. The summed E-state index contributed by atoms with van der Waals surface area (Å²) in [4.78, 5) is 0. The predicted molar refractivity (Wildman–Crippen MR) is 77.3 cm³/mol. The SMILES string of the molecule is COc1cc(C)c(C)cc1-c1c(C)nn(C)c1CN. The highest BCUT2D eigenvalue weighted by Crippen LogP contribution is 2.36. The zero-order valence-electron chi connectivity index (χ0n) is 12.2. The molecule has 4 heteroatoms. The van der Waals surface area contributed by atoms with E-state index in [0.29, 0.717) is 6.54 Å². The normalized spacial score (nSPS) is 10.8. The second-order valence-electron chi connectivity index (χ2n) is 4.87. The van der Waals surface area contributed by atoms with E-state index in [4.69, 9.17) is 10.5 Å². The van der Waals surface area contributed by atoms with Crippen LogP contribution >= 0.6 is 0 Å². The molecule has 0 bridgehead atoms. The molecule has 0 unspecified atom stereocenters. The number of aryl methyl sites for hydroxylation is 4. The molecular weight excluding hydrogens is 238 g/mol. The second-order valence-corrected chi connectivity index (χ2v) is 4.87. The van der Waals surface area contributed by atoms with E-state index in [9.17, 15) is 0 Å². The van der Waals surface area contributed by atoms with Gasteiger partial charge < -0.3 is 10.5 Å². The van der Waals surface area contributed by atoms with Crippen molar-refractivity contribution in [3.05, 3.63) is 34.6 Å². The predicted octanol–water partition coefficient (Wildman–Crippen LogP) is 2.48. The lowest BCUT2D eigenvalue weighted by Gasteiger charge is -2.13. The molecule has 0 atom stereocenters. The molecule has 0 fully saturated rings. The van der Waals surface area contributed by atoms with E-state index in [2.05, 4.69) is 31.1 Å². The van der Waals surface area contributed by atoms with Gasteiger partial charge in [0.25, 0.3) is 0 Å². The van der Waals surface area contributed by atoms with Crippen LogP contribution in [-0.4, -0.2) is 16.9 Å².